The third-order valence-corrected chi connectivity index (χ3v) is 4.06. The number of furan rings is 1. The molecule has 4 heteroatoms. The standard InChI is InChI=1S/C21H14O4/c22-18(15-7-2-1-3-8-15)13-24-21(23)20-12-17-16-9-5-4-6-14(16)10-11-19(17)25-20/h1-12H,13H2. The minimum absolute atomic E-state index is 0.0900. The summed E-state index contributed by atoms with van der Waals surface area (Å²) in [5, 5.41) is 2.91. The minimum atomic E-state index is -0.649. The number of Topliss-reactive ketones (excluding diaryl/α,β-unsaturated/α-hetero) is 1. The molecule has 122 valence electrons. The van der Waals surface area contributed by atoms with E-state index in [0.717, 1.165) is 16.2 Å². The van der Waals surface area contributed by atoms with Crippen LogP contribution in [0.1, 0.15) is 20.9 Å². The average Bonchev–Trinajstić information content (AvgIpc) is 3.11. The van der Waals surface area contributed by atoms with Crippen LogP contribution < -0.4 is 0 Å². The van der Waals surface area contributed by atoms with Crippen LogP contribution in [-0.4, -0.2) is 18.4 Å². The summed E-state index contributed by atoms with van der Waals surface area (Å²) < 4.78 is 10.7. The Labute approximate surface area is 143 Å². The molecule has 4 aromatic rings. The average molecular weight is 330 g/mol. The Morgan fingerprint density at radius 3 is 2.44 bits per heavy atom. The third kappa shape index (κ3) is 2.90. The van der Waals surface area contributed by atoms with Gasteiger partial charge in [-0.2, -0.15) is 0 Å². The highest BCUT2D eigenvalue weighted by Gasteiger charge is 2.17. The molecule has 0 bridgehead atoms. The molecule has 0 unspecified atom stereocenters. The van der Waals surface area contributed by atoms with Crippen LogP contribution in [0, 0.1) is 0 Å². The number of carbonyl (C=O) groups excluding carboxylic acids is 2. The van der Waals surface area contributed by atoms with Gasteiger partial charge in [-0.05, 0) is 22.9 Å². The topological polar surface area (TPSA) is 56.5 Å². The monoisotopic (exact) mass is 330 g/mol. The Morgan fingerprint density at radius 1 is 0.840 bits per heavy atom. The zero-order valence-electron chi connectivity index (χ0n) is 13.3. The van der Waals surface area contributed by atoms with E-state index >= 15 is 0 Å². The van der Waals surface area contributed by atoms with Crippen molar-refractivity contribution in [1.82, 2.24) is 0 Å². The first-order valence-electron chi connectivity index (χ1n) is 7.89. The molecule has 0 radical (unpaired) electrons. The smallest absolute Gasteiger partial charge is 0.374 e. The van der Waals surface area contributed by atoms with Gasteiger partial charge in [0.15, 0.2) is 12.4 Å². The van der Waals surface area contributed by atoms with E-state index in [0.29, 0.717) is 11.1 Å². The van der Waals surface area contributed by atoms with Gasteiger partial charge < -0.3 is 9.15 Å². The largest absolute Gasteiger partial charge is 0.451 e. The van der Waals surface area contributed by atoms with Crippen molar-refractivity contribution >= 4 is 33.5 Å². The predicted molar refractivity (Wildman–Crippen MR) is 94.8 cm³/mol. The zero-order chi connectivity index (χ0) is 17.2. The van der Waals surface area contributed by atoms with Crippen LogP contribution in [0.3, 0.4) is 0 Å². The molecule has 0 saturated carbocycles. The molecule has 0 spiro atoms. The maximum Gasteiger partial charge on any atom is 0.374 e. The molecular weight excluding hydrogens is 316 g/mol. The molecule has 0 aliphatic rings. The van der Waals surface area contributed by atoms with Crippen molar-refractivity contribution in [3.8, 4) is 0 Å². The summed E-state index contributed by atoms with van der Waals surface area (Å²) in [6, 6.07) is 22.0. The first kappa shape index (κ1) is 15.1. The van der Waals surface area contributed by atoms with E-state index in [-0.39, 0.29) is 18.2 Å². The molecule has 1 heterocycles. The number of fused-ring (bicyclic) bond motifs is 3. The van der Waals surface area contributed by atoms with Crippen molar-refractivity contribution in [3.63, 3.8) is 0 Å². The van der Waals surface area contributed by atoms with Crippen molar-refractivity contribution in [1.29, 1.82) is 0 Å². The maximum atomic E-state index is 12.2. The first-order valence-corrected chi connectivity index (χ1v) is 7.89. The number of ketones is 1. The molecular formula is C21H14O4. The molecule has 0 N–H and O–H groups in total. The fourth-order valence-corrected chi connectivity index (χ4v) is 2.80. The highest BCUT2D eigenvalue weighted by molar-refractivity contribution is 6.08. The van der Waals surface area contributed by atoms with Crippen molar-refractivity contribution in [2.24, 2.45) is 0 Å². The second kappa shape index (κ2) is 6.24. The molecule has 4 rings (SSSR count). The van der Waals surface area contributed by atoms with E-state index in [1.807, 2.05) is 42.5 Å². The SMILES string of the molecule is O=C(COC(=O)c1cc2c(ccc3ccccc32)o1)c1ccccc1. The predicted octanol–water partition coefficient (Wildman–Crippen LogP) is 4.63. The molecule has 0 aliphatic heterocycles. The van der Waals surface area contributed by atoms with E-state index in [2.05, 4.69) is 0 Å². The quantitative estimate of drug-likeness (QED) is 0.404. The molecule has 3 aromatic carbocycles. The summed E-state index contributed by atoms with van der Waals surface area (Å²) in [4.78, 5) is 24.2. The van der Waals surface area contributed by atoms with Gasteiger partial charge in [-0.25, -0.2) is 4.79 Å². The second-order valence-corrected chi connectivity index (χ2v) is 5.67. The molecule has 0 amide bonds. The lowest BCUT2D eigenvalue weighted by Crippen LogP contribution is -2.13. The molecule has 1 aromatic heterocycles. The lowest BCUT2D eigenvalue weighted by atomic mass is 10.1. The molecule has 0 saturated heterocycles. The molecule has 0 fully saturated rings. The van der Waals surface area contributed by atoms with Gasteiger partial charge in [0, 0.05) is 10.9 Å². The summed E-state index contributed by atoms with van der Waals surface area (Å²) in [5.74, 6) is -0.813. The summed E-state index contributed by atoms with van der Waals surface area (Å²) in [6.07, 6.45) is 0. The molecule has 0 aliphatic carbocycles. The van der Waals surface area contributed by atoms with Gasteiger partial charge in [-0.15, -0.1) is 0 Å². The molecule has 0 atom stereocenters. The van der Waals surface area contributed by atoms with E-state index in [4.69, 9.17) is 9.15 Å². The van der Waals surface area contributed by atoms with Gasteiger partial charge in [0.05, 0.1) is 0 Å². The van der Waals surface area contributed by atoms with Crippen molar-refractivity contribution < 1.29 is 18.7 Å². The van der Waals surface area contributed by atoms with Crippen LogP contribution >= 0.6 is 0 Å². The Bertz CT molecular complexity index is 1080. The summed E-state index contributed by atoms with van der Waals surface area (Å²) in [5.41, 5.74) is 1.12. The Kier molecular flexibility index (Phi) is 3.78. The van der Waals surface area contributed by atoms with Crippen molar-refractivity contribution in [2.75, 3.05) is 6.61 Å². The zero-order valence-corrected chi connectivity index (χ0v) is 13.3. The Hall–Kier alpha value is -3.40. The Morgan fingerprint density at radius 2 is 1.60 bits per heavy atom. The molecule has 4 nitrogen and oxygen atoms in total. The van der Waals surface area contributed by atoms with E-state index in [1.165, 1.54) is 0 Å². The first-order chi connectivity index (χ1) is 12.2. The number of rotatable bonds is 4. The van der Waals surface area contributed by atoms with Gasteiger partial charge in [-0.1, -0.05) is 60.7 Å². The van der Waals surface area contributed by atoms with E-state index in [1.54, 1.807) is 30.3 Å². The van der Waals surface area contributed by atoms with Gasteiger partial charge >= 0.3 is 5.97 Å². The van der Waals surface area contributed by atoms with Crippen molar-refractivity contribution in [2.45, 2.75) is 0 Å². The van der Waals surface area contributed by atoms with Gasteiger partial charge in [-0.3, -0.25) is 4.79 Å². The summed E-state index contributed by atoms with van der Waals surface area (Å²) in [6.45, 7) is -0.319. The fraction of sp³-hybridized carbons (Fsp3) is 0.0476. The number of carbonyl (C=O) groups is 2. The van der Waals surface area contributed by atoms with Crippen LogP contribution in [0.15, 0.2) is 77.2 Å². The fourth-order valence-electron chi connectivity index (χ4n) is 2.80. The van der Waals surface area contributed by atoms with Crippen LogP contribution in [-0.2, 0) is 4.74 Å². The van der Waals surface area contributed by atoms with Crippen LogP contribution in [0.2, 0.25) is 0 Å². The number of hydrogen-bond acceptors (Lipinski definition) is 4. The van der Waals surface area contributed by atoms with E-state index in [9.17, 15) is 9.59 Å². The van der Waals surface area contributed by atoms with Crippen LogP contribution in [0.5, 0.6) is 0 Å². The Balaban J connectivity index is 1.56. The highest BCUT2D eigenvalue weighted by atomic mass is 16.5. The van der Waals surface area contributed by atoms with Crippen LogP contribution in [0.25, 0.3) is 21.7 Å². The van der Waals surface area contributed by atoms with Gasteiger partial charge in [0.25, 0.3) is 0 Å². The third-order valence-electron chi connectivity index (χ3n) is 4.06. The highest BCUT2D eigenvalue weighted by Crippen LogP contribution is 2.28. The van der Waals surface area contributed by atoms with Crippen LogP contribution in [0.4, 0.5) is 0 Å². The van der Waals surface area contributed by atoms with Gasteiger partial charge in [0.1, 0.15) is 5.58 Å². The number of ether oxygens (including phenoxy) is 1. The molecule has 25 heavy (non-hydrogen) atoms. The lowest BCUT2D eigenvalue weighted by Gasteiger charge is -2.02. The minimum Gasteiger partial charge on any atom is -0.451 e. The van der Waals surface area contributed by atoms with Gasteiger partial charge in [0.2, 0.25) is 5.76 Å². The number of benzene rings is 3. The maximum absolute atomic E-state index is 12.2. The summed E-state index contributed by atoms with van der Waals surface area (Å²) >= 11 is 0. The lowest BCUT2D eigenvalue weighted by molar-refractivity contribution is 0.0446. The number of esters is 1. The van der Waals surface area contributed by atoms with Crippen molar-refractivity contribution in [3.05, 3.63) is 84.1 Å². The van der Waals surface area contributed by atoms with E-state index < -0.39 is 5.97 Å². The number of hydrogen-bond donors (Lipinski definition) is 0. The second-order valence-electron chi connectivity index (χ2n) is 5.67. The summed E-state index contributed by atoms with van der Waals surface area (Å²) in [7, 11) is 0. The normalized spacial score (nSPS) is 10.9.